The van der Waals surface area contributed by atoms with E-state index in [0.29, 0.717) is 5.69 Å². The number of phenolic OH excluding ortho intramolecular Hbond substituents is 1. The molecule has 0 unspecified atom stereocenters. The van der Waals surface area contributed by atoms with Gasteiger partial charge in [-0.05, 0) is 12.1 Å². The number of aromatic hydroxyl groups is 1. The highest BCUT2D eigenvalue weighted by Crippen LogP contribution is 2.27. The van der Waals surface area contributed by atoms with Crippen molar-refractivity contribution in [2.75, 3.05) is 16.3 Å². The van der Waals surface area contributed by atoms with E-state index in [9.17, 15) is 18.3 Å². The van der Waals surface area contributed by atoms with Gasteiger partial charge < -0.3 is 10.4 Å². The highest BCUT2D eigenvalue weighted by Gasteiger charge is 2.11. The predicted molar refractivity (Wildman–Crippen MR) is 80.8 cm³/mol. The summed E-state index contributed by atoms with van der Waals surface area (Å²) in [7, 11) is -1.63. The van der Waals surface area contributed by atoms with E-state index in [1.807, 2.05) is 17.8 Å². The molecule has 22 heavy (non-hydrogen) atoms. The number of aryl methyl sites for hydroxylation is 1. The van der Waals surface area contributed by atoms with Crippen molar-refractivity contribution in [2.45, 2.75) is 6.54 Å². The Morgan fingerprint density at radius 3 is 2.68 bits per heavy atom. The number of carbonyl (C=O) groups excluding carboxylic acids is 1. The summed E-state index contributed by atoms with van der Waals surface area (Å²) in [6, 6.07) is 4.16. The number of anilines is 2. The normalized spacial score (nSPS) is 11.2. The maximum Gasteiger partial charge on any atom is 0.266 e. The summed E-state index contributed by atoms with van der Waals surface area (Å²) in [6.45, 7) is 0.130. The number of hydrogen-bond acceptors (Lipinski definition) is 4. The van der Waals surface area contributed by atoms with E-state index in [1.165, 1.54) is 18.2 Å². The first kappa shape index (κ1) is 15.8. The minimum absolute atomic E-state index is 0.0536. The lowest BCUT2D eigenvalue weighted by Crippen LogP contribution is -2.25. The number of aromatic nitrogens is 2. The topological polar surface area (TPSA) is 104 Å². The lowest BCUT2D eigenvalue weighted by atomic mass is 10.2. The number of amides is 1. The van der Waals surface area contributed by atoms with Crippen LogP contribution in [0.15, 0.2) is 36.9 Å². The fourth-order valence-corrected chi connectivity index (χ4v) is 2.43. The van der Waals surface area contributed by atoms with E-state index in [-0.39, 0.29) is 23.9 Å². The van der Waals surface area contributed by atoms with Gasteiger partial charge in [0.1, 0.15) is 18.1 Å². The van der Waals surface area contributed by atoms with Crippen LogP contribution >= 0.6 is 0 Å². The van der Waals surface area contributed by atoms with Crippen molar-refractivity contribution in [3.63, 3.8) is 0 Å². The summed E-state index contributed by atoms with van der Waals surface area (Å²) in [5.74, 6) is -0.532. The summed E-state index contributed by atoms with van der Waals surface area (Å²) in [4.78, 5) is 11.9. The average molecular weight is 325 g/mol. The maximum atomic E-state index is 11.9. The molecule has 0 spiro atoms. The quantitative estimate of drug-likeness (QED) is 0.533. The van der Waals surface area contributed by atoms with Gasteiger partial charge in [0.2, 0.25) is 16.4 Å². The molecule has 0 bridgehead atoms. The summed E-state index contributed by atoms with van der Waals surface area (Å²) in [6.07, 6.45) is 6.32. The van der Waals surface area contributed by atoms with Crippen molar-refractivity contribution >= 4 is 27.3 Å². The standard InChI is InChI=1S/C13H16N4O4S/c1-16-5-6-17(9-16)8-13(19)14-10-3-4-11(12(18)7-10)15-22(2,20)21/h3-7,9,15H,8H2,1-2H3,(H-,14,18,19)/p+1. The van der Waals surface area contributed by atoms with Crippen LogP contribution in [0, 0.1) is 0 Å². The van der Waals surface area contributed by atoms with Crippen LogP contribution in [0.5, 0.6) is 5.75 Å². The minimum Gasteiger partial charge on any atom is -0.506 e. The summed E-state index contributed by atoms with van der Waals surface area (Å²) < 4.78 is 27.9. The highest BCUT2D eigenvalue weighted by molar-refractivity contribution is 7.92. The Hall–Kier alpha value is -2.55. The zero-order valence-corrected chi connectivity index (χ0v) is 13.0. The van der Waals surface area contributed by atoms with Crippen LogP contribution < -0.4 is 14.6 Å². The molecule has 0 aliphatic carbocycles. The van der Waals surface area contributed by atoms with Gasteiger partial charge >= 0.3 is 0 Å². The Bertz CT molecular complexity index is 798. The highest BCUT2D eigenvalue weighted by atomic mass is 32.2. The first-order valence-electron chi connectivity index (χ1n) is 6.34. The van der Waals surface area contributed by atoms with Crippen LogP contribution in [0.25, 0.3) is 0 Å². The van der Waals surface area contributed by atoms with Crippen LogP contribution in [0.4, 0.5) is 11.4 Å². The molecule has 118 valence electrons. The predicted octanol–water partition coefficient (Wildman–Crippen LogP) is 0.0284. The fourth-order valence-electron chi connectivity index (χ4n) is 1.86. The molecule has 0 aliphatic heterocycles. The molecule has 0 aliphatic rings. The van der Waals surface area contributed by atoms with Crippen molar-refractivity contribution in [1.29, 1.82) is 0 Å². The molecule has 3 N–H and O–H groups in total. The van der Waals surface area contributed by atoms with Gasteiger partial charge in [-0.3, -0.25) is 9.52 Å². The molecule has 8 nitrogen and oxygen atoms in total. The van der Waals surface area contributed by atoms with E-state index in [2.05, 4.69) is 10.0 Å². The van der Waals surface area contributed by atoms with Gasteiger partial charge in [0.05, 0.1) is 19.0 Å². The molecular formula is C13H17N4O4S+. The van der Waals surface area contributed by atoms with Crippen molar-refractivity contribution < 1.29 is 22.9 Å². The largest absolute Gasteiger partial charge is 0.506 e. The second-order valence-electron chi connectivity index (χ2n) is 4.91. The third kappa shape index (κ3) is 4.48. The first-order chi connectivity index (χ1) is 10.2. The van der Waals surface area contributed by atoms with Crippen LogP contribution in [-0.4, -0.2) is 30.3 Å². The minimum atomic E-state index is -3.48. The fraction of sp³-hybridized carbons (Fsp3) is 0.231. The second kappa shape index (κ2) is 6.06. The number of nitrogens with one attached hydrogen (secondary N) is 2. The molecule has 2 rings (SSSR count). The van der Waals surface area contributed by atoms with Gasteiger partial charge in [0, 0.05) is 11.8 Å². The smallest absolute Gasteiger partial charge is 0.266 e. The summed E-state index contributed by atoms with van der Waals surface area (Å²) in [5, 5.41) is 12.4. The maximum absolute atomic E-state index is 11.9. The first-order valence-corrected chi connectivity index (χ1v) is 8.24. The van der Waals surface area contributed by atoms with Crippen LogP contribution in [-0.2, 0) is 28.4 Å². The number of benzene rings is 1. The number of phenols is 1. The Morgan fingerprint density at radius 2 is 2.14 bits per heavy atom. The lowest BCUT2D eigenvalue weighted by Gasteiger charge is -2.09. The van der Waals surface area contributed by atoms with Crippen LogP contribution in [0.3, 0.4) is 0 Å². The van der Waals surface area contributed by atoms with Gasteiger partial charge in [-0.2, -0.15) is 0 Å². The molecule has 0 radical (unpaired) electrons. The Balaban J connectivity index is 2.04. The number of carbonyl (C=O) groups is 1. The van der Waals surface area contributed by atoms with Crippen LogP contribution in [0.2, 0.25) is 0 Å². The van der Waals surface area contributed by atoms with Gasteiger partial charge in [0.15, 0.2) is 6.54 Å². The number of hydrogen-bond donors (Lipinski definition) is 3. The molecule has 1 amide bonds. The number of sulfonamides is 1. The number of imidazole rings is 1. The second-order valence-corrected chi connectivity index (χ2v) is 6.65. The van der Waals surface area contributed by atoms with E-state index in [0.717, 1.165) is 6.26 Å². The van der Waals surface area contributed by atoms with Gasteiger partial charge in [-0.25, -0.2) is 17.6 Å². The number of nitrogens with zero attached hydrogens (tertiary/aromatic N) is 2. The monoisotopic (exact) mass is 325 g/mol. The Kier molecular flexibility index (Phi) is 4.36. The molecular weight excluding hydrogens is 308 g/mol. The van der Waals surface area contributed by atoms with Crippen molar-refractivity contribution in [3.8, 4) is 5.75 Å². The molecule has 1 aromatic heterocycles. The summed E-state index contributed by atoms with van der Waals surface area (Å²) >= 11 is 0. The molecule has 1 aromatic carbocycles. The number of rotatable bonds is 5. The van der Waals surface area contributed by atoms with Crippen LogP contribution in [0.1, 0.15) is 0 Å². The van der Waals surface area contributed by atoms with Crippen molar-refractivity contribution in [3.05, 3.63) is 36.9 Å². The Labute approximate surface area is 128 Å². The molecule has 9 heteroatoms. The Morgan fingerprint density at radius 1 is 1.41 bits per heavy atom. The average Bonchev–Trinajstić information content (AvgIpc) is 2.76. The third-order valence-electron chi connectivity index (χ3n) is 2.73. The van der Waals surface area contributed by atoms with Gasteiger partial charge in [-0.1, -0.05) is 0 Å². The van der Waals surface area contributed by atoms with E-state index in [4.69, 9.17) is 0 Å². The van der Waals surface area contributed by atoms with Crippen molar-refractivity contribution in [1.82, 2.24) is 4.57 Å². The zero-order chi connectivity index (χ0) is 16.3. The molecule has 0 fully saturated rings. The molecule has 0 atom stereocenters. The molecule has 1 heterocycles. The SMILES string of the molecule is C[n+]1ccn(CC(=O)Nc2ccc(NS(C)(=O)=O)c(O)c2)c1. The van der Waals surface area contributed by atoms with Crippen molar-refractivity contribution in [2.24, 2.45) is 7.05 Å². The molecule has 2 aromatic rings. The molecule has 0 saturated heterocycles. The van der Waals surface area contributed by atoms with E-state index in [1.54, 1.807) is 17.1 Å². The lowest BCUT2D eigenvalue weighted by molar-refractivity contribution is -0.671. The zero-order valence-electron chi connectivity index (χ0n) is 12.1. The van der Waals surface area contributed by atoms with Gasteiger partial charge in [-0.15, -0.1) is 0 Å². The molecule has 0 saturated carbocycles. The van der Waals surface area contributed by atoms with E-state index >= 15 is 0 Å². The van der Waals surface area contributed by atoms with Gasteiger partial charge in [0.25, 0.3) is 5.91 Å². The summed E-state index contributed by atoms with van der Waals surface area (Å²) in [5.41, 5.74) is 0.427. The van der Waals surface area contributed by atoms with E-state index < -0.39 is 10.0 Å². The third-order valence-corrected chi connectivity index (χ3v) is 3.32.